The maximum absolute atomic E-state index is 9.34. The summed E-state index contributed by atoms with van der Waals surface area (Å²) >= 11 is 0. The van der Waals surface area contributed by atoms with Gasteiger partial charge >= 0.3 is 0 Å². The minimum Gasteiger partial charge on any atom is -0.395 e. The largest absolute Gasteiger partial charge is 0.395 e. The van der Waals surface area contributed by atoms with Gasteiger partial charge in [-0.15, -0.1) is 0 Å². The molecule has 4 nitrogen and oxygen atoms in total. The zero-order valence-electron chi connectivity index (χ0n) is 11.6. The Hall–Kier alpha value is -0.160. The second-order valence-electron chi connectivity index (χ2n) is 5.95. The molecule has 18 heavy (non-hydrogen) atoms. The first-order valence-corrected chi connectivity index (χ1v) is 7.41. The Balaban J connectivity index is 1.58. The summed E-state index contributed by atoms with van der Waals surface area (Å²) in [7, 11) is 2.18. The molecule has 2 unspecified atom stereocenters. The Morgan fingerprint density at radius 1 is 1.39 bits per heavy atom. The third-order valence-electron chi connectivity index (χ3n) is 3.95. The van der Waals surface area contributed by atoms with E-state index in [1.165, 1.54) is 25.7 Å². The lowest BCUT2D eigenvalue weighted by Crippen LogP contribution is -2.38. The van der Waals surface area contributed by atoms with Crippen LogP contribution < -0.4 is 5.32 Å². The fourth-order valence-electron chi connectivity index (χ4n) is 2.67. The maximum atomic E-state index is 9.34. The van der Waals surface area contributed by atoms with Gasteiger partial charge in [0.25, 0.3) is 0 Å². The number of nitrogens with one attached hydrogen (secondary N) is 1. The quantitative estimate of drug-likeness (QED) is 0.676. The van der Waals surface area contributed by atoms with Crippen molar-refractivity contribution in [3.63, 3.8) is 0 Å². The van der Waals surface area contributed by atoms with Crippen molar-refractivity contribution in [2.75, 3.05) is 40.0 Å². The highest BCUT2D eigenvalue weighted by Crippen LogP contribution is 2.20. The molecule has 1 saturated carbocycles. The molecule has 2 aliphatic rings. The van der Waals surface area contributed by atoms with Crippen LogP contribution in [0.4, 0.5) is 0 Å². The molecule has 1 heterocycles. The molecule has 2 fully saturated rings. The maximum Gasteiger partial charge on any atom is 0.0585 e. The van der Waals surface area contributed by atoms with Crippen molar-refractivity contribution < 1.29 is 9.84 Å². The van der Waals surface area contributed by atoms with E-state index in [0.717, 1.165) is 32.7 Å². The van der Waals surface area contributed by atoms with Crippen molar-refractivity contribution >= 4 is 0 Å². The lowest BCUT2D eigenvalue weighted by atomic mass is 10.0. The van der Waals surface area contributed by atoms with Gasteiger partial charge in [0.2, 0.25) is 0 Å². The summed E-state index contributed by atoms with van der Waals surface area (Å²) < 4.78 is 5.51. The van der Waals surface area contributed by atoms with Crippen LogP contribution in [0.2, 0.25) is 0 Å². The van der Waals surface area contributed by atoms with Crippen molar-refractivity contribution in [2.45, 2.75) is 44.2 Å². The van der Waals surface area contributed by atoms with Gasteiger partial charge in [0, 0.05) is 25.2 Å². The minimum absolute atomic E-state index is 0.261. The van der Waals surface area contributed by atoms with Gasteiger partial charge in [-0.3, -0.25) is 0 Å². The molecule has 0 amide bonds. The van der Waals surface area contributed by atoms with Gasteiger partial charge in [-0.2, -0.15) is 0 Å². The van der Waals surface area contributed by atoms with Crippen molar-refractivity contribution in [1.82, 2.24) is 10.2 Å². The summed E-state index contributed by atoms with van der Waals surface area (Å²) in [5.41, 5.74) is 0. The zero-order chi connectivity index (χ0) is 12.8. The molecule has 2 atom stereocenters. The summed E-state index contributed by atoms with van der Waals surface area (Å²) in [6.45, 7) is 4.31. The van der Waals surface area contributed by atoms with E-state index in [4.69, 9.17) is 4.74 Å². The highest BCUT2D eigenvalue weighted by molar-refractivity contribution is 4.85. The fourth-order valence-corrected chi connectivity index (χ4v) is 2.67. The number of nitrogens with zero attached hydrogens (tertiary/aromatic N) is 1. The number of aliphatic hydroxyl groups excluding tert-OH is 1. The SMILES string of the molecule is CN(CCC(CO)NC1CC1)CC1CCCOC1. The molecular weight excluding hydrogens is 228 g/mol. The molecule has 106 valence electrons. The van der Waals surface area contributed by atoms with E-state index in [9.17, 15) is 5.11 Å². The van der Waals surface area contributed by atoms with Gasteiger partial charge < -0.3 is 20.1 Å². The smallest absolute Gasteiger partial charge is 0.0585 e. The molecule has 0 aromatic rings. The highest BCUT2D eigenvalue weighted by Gasteiger charge is 2.24. The van der Waals surface area contributed by atoms with Gasteiger partial charge in [0.05, 0.1) is 13.2 Å². The summed E-state index contributed by atoms with van der Waals surface area (Å²) in [5.74, 6) is 0.702. The standard InChI is InChI=1S/C14H28N2O2/c1-16(9-12-3-2-8-18-11-12)7-6-14(10-17)15-13-4-5-13/h12-15,17H,2-11H2,1H3. The first-order chi connectivity index (χ1) is 8.78. The fraction of sp³-hybridized carbons (Fsp3) is 1.00. The first kappa shape index (κ1) is 14.3. The summed E-state index contributed by atoms with van der Waals surface area (Å²) in [6, 6.07) is 0.960. The molecule has 4 heteroatoms. The van der Waals surface area contributed by atoms with Crippen LogP contribution in [0.15, 0.2) is 0 Å². The van der Waals surface area contributed by atoms with Crippen LogP contribution in [0, 0.1) is 5.92 Å². The van der Waals surface area contributed by atoms with Crippen molar-refractivity contribution in [1.29, 1.82) is 0 Å². The van der Waals surface area contributed by atoms with Gasteiger partial charge in [-0.1, -0.05) is 0 Å². The molecule has 1 aliphatic carbocycles. The number of hydrogen-bond donors (Lipinski definition) is 2. The molecule has 0 aromatic heterocycles. The Kier molecular flexibility index (Phi) is 5.89. The Morgan fingerprint density at radius 3 is 2.83 bits per heavy atom. The lowest BCUT2D eigenvalue weighted by molar-refractivity contribution is 0.0413. The molecular formula is C14H28N2O2. The van der Waals surface area contributed by atoms with E-state index in [1.807, 2.05) is 0 Å². The summed E-state index contributed by atoms with van der Waals surface area (Å²) in [4.78, 5) is 2.39. The van der Waals surface area contributed by atoms with Gasteiger partial charge in [-0.05, 0) is 51.6 Å². The van der Waals surface area contributed by atoms with E-state index in [0.29, 0.717) is 12.0 Å². The van der Waals surface area contributed by atoms with Crippen molar-refractivity contribution in [3.05, 3.63) is 0 Å². The van der Waals surface area contributed by atoms with Gasteiger partial charge in [-0.25, -0.2) is 0 Å². The van der Waals surface area contributed by atoms with E-state index in [-0.39, 0.29) is 12.6 Å². The second kappa shape index (κ2) is 7.43. The van der Waals surface area contributed by atoms with Crippen LogP contribution >= 0.6 is 0 Å². The monoisotopic (exact) mass is 256 g/mol. The van der Waals surface area contributed by atoms with E-state index in [1.54, 1.807) is 0 Å². The van der Waals surface area contributed by atoms with Crippen LogP contribution in [0.3, 0.4) is 0 Å². The van der Waals surface area contributed by atoms with Crippen LogP contribution in [0.25, 0.3) is 0 Å². The molecule has 0 spiro atoms. The minimum atomic E-state index is 0.261. The van der Waals surface area contributed by atoms with Crippen molar-refractivity contribution in [3.8, 4) is 0 Å². The van der Waals surface area contributed by atoms with Gasteiger partial charge in [0.1, 0.15) is 0 Å². The molecule has 0 radical (unpaired) electrons. The molecule has 1 aliphatic heterocycles. The molecule has 1 saturated heterocycles. The number of aliphatic hydroxyl groups is 1. The number of rotatable bonds is 8. The lowest BCUT2D eigenvalue weighted by Gasteiger charge is -2.28. The second-order valence-corrected chi connectivity index (χ2v) is 5.95. The van der Waals surface area contributed by atoms with Crippen LogP contribution in [-0.2, 0) is 4.74 Å². The zero-order valence-corrected chi connectivity index (χ0v) is 11.6. The Labute approximate surface area is 111 Å². The van der Waals surface area contributed by atoms with Crippen LogP contribution in [-0.4, -0.2) is 62.0 Å². The number of hydrogen-bond acceptors (Lipinski definition) is 4. The van der Waals surface area contributed by atoms with Crippen molar-refractivity contribution in [2.24, 2.45) is 5.92 Å². The summed E-state index contributed by atoms with van der Waals surface area (Å²) in [6.07, 6.45) is 6.11. The predicted molar refractivity (Wildman–Crippen MR) is 72.7 cm³/mol. The highest BCUT2D eigenvalue weighted by atomic mass is 16.5. The first-order valence-electron chi connectivity index (χ1n) is 7.41. The normalized spacial score (nSPS) is 26.5. The van der Waals surface area contributed by atoms with Crippen LogP contribution in [0.5, 0.6) is 0 Å². The molecule has 0 bridgehead atoms. The summed E-state index contributed by atoms with van der Waals surface area (Å²) in [5, 5.41) is 12.8. The third-order valence-corrected chi connectivity index (χ3v) is 3.95. The van der Waals surface area contributed by atoms with E-state index in [2.05, 4.69) is 17.3 Å². The molecule has 2 rings (SSSR count). The topological polar surface area (TPSA) is 44.7 Å². The van der Waals surface area contributed by atoms with Gasteiger partial charge in [0.15, 0.2) is 0 Å². The predicted octanol–water partition coefficient (Wildman–Crippen LogP) is 0.848. The molecule has 0 aromatic carbocycles. The third kappa shape index (κ3) is 5.22. The number of ether oxygens (including phenoxy) is 1. The Bertz CT molecular complexity index is 228. The Morgan fingerprint density at radius 2 is 2.22 bits per heavy atom. The average Bonchev–Trinajstić information content (AvgIpc) is 3.19. The van der Waals surface area contributed by atoms with E-state index < -0.39 is 0 Å². The average molecular weight is 256 g/mol. The van der Waals surface area contributed by atoms with E-state index >= 15 is 0 Å². The molecule has 2 N–H and O–H groups in total. The van der Waals surface area contributed by atoms with Crippen LogP contribution in [0.1, 0.15) is 32.1 Å².